The fourth-order valence-electron chi connectivity index (χ4n) is 4.91. The van der Waals surface area contributed by atoms with Gasteiger partial charge in [0.1, 0.15) is 0 Å². The summed E-state index contributed by atoms with van der Waals surface area (Å²) in [6, 6.07) is -0.611. The normalized spacial score (nSPS) is 11.2. The molecular formula is C30H65N5O. The van der Waals surface area contributed by atoms with E-state index in [0.29, 0.717) is 0 Å². The van der Waals surface area contributed by atoms with Crippen molar-refractivity contribution in [3.05, 3.63) is 0 Å². The number of unbranched alkanes of at least 4 members (excludes halogenated alkanes) is 26. The molecule has 0 aliphatic rings. The lowest BCUT2D eigenvalue weighted by atomic mass is 10.0. The van der Waals surface area contributed by atoms with Crippen LogP contribution < -0.4 is 27.7 Å². The molecule has 0 aromatic carbocycles. The first-order valence-corrected chi connectivity index (χ1v) is 16.1. The van der Waals surface area contributed by atoms with Crippen molar-refractivity contribution in [1.82, 2.24) is 21.9 Å². The van der Waals surface area contributed by atoms with Crippen LogP contribution >= 0.6 is 0 Å². The Kier molecular flexibility index (Phi) is 31.4. The van der Waals surface area contributed by atoms with Crippen molar-refractivity contribution >= 4 is 6.03 Å². The van der Waals surface area contributed by atoms with E-state index in [1.807, 2.05) is 0 Å². The molecule has 0 aromatic rings. The van der Waals surface area contributed by atoms with Gasteiger partial charge in [0.25, 0.3) is 0 Å². The van der Waals surface area contributed by atoms with Crippen molar-refractivity contribution in [3.63, 3.8) is 0 Å². The molecular weight excluding hydrogens is 446 g/mol. The number of amides is 2. The van der Waals surface area contributed by atoms with Crippen LogP contribution in [0.4, 0.5) is 4.79 Å². The molecule has 0 spiro atoms. The Hall–Kier alpha value is -0.850. The van der Waals surface area contributed by atoms with E-state index in [1.54, 1.807) is 0 Å². The zero-order valence-corrected chi connectivity index (χ0v) is 24.3. The summed E-state index contributed by atoms with van der Waals surface area (Å²) in [7, 11) is 0. The van der Waals surface area contributed by atoms with Gasteiger partial charge in [-0.2, -0.15) is 11.1 Å². The molecule has 0 rings (SSSR count). The molecule has 6 nitrogen and oxygen atoms in total. The maximum atomic E-state index is 10.4. The fraction of sp³-hybridized carbons (Fsp3) is 0.967. The second-order valence-electron chi connectivity index (χ2n) is 10.9. The third kappa shape index (κ3) is 33.1. The molecule has 0 atom stereocenters. The summed E-state index contributed by atoms with van der Waals surface area (Å²) < 4.78 is 0. The highest BCUT2D eigenvalue weighted by Crippen LogP contribution is 2.16. The molecule has 36 heavy (non-hydrogen) atoms. The van der Waals surface area contributed by atoms with Crippen molar-refractivity contribution in [2.24, 2.45) is 5.73 Å². The molecule has 0 aliphatic heterocycles. The van der Waals surface area contributed by atoms with Gasteiger partial charge in [-0.05, 0) is 6.42 Å². The molecule has 0 aliphatic carbocycles. The number of hydrazine groups is 3. The summed E-state index contributed by atoms with van der Waals surface area (Å²) in [4.78, 5) is 10.4. The van der Waals surface area contributed by atoms with E-state index < -0.39 is 6.03 Å². The van der Waals surface area contributed by atoms with Crippen molar-refractivity contribution < 1.29 is 4.79 Å². The summed E-state index contributed by atoms with van der Waals surface area (Å²) in [6.07, 6.45) is 38.4. The summed E-state index contributed by atoms with van der Waals surface area (Å²) in [5.74, 6) is 0. The molecule has 0 saturated heterocycles. The Balaban J connectivity index is 3.02. The van der Waals surface area contributed by atoms with Crippen molar-refractivity contribution in [3.8, 4) is 0 Å². The van der Waals surface area contributed by atoms with Crippen LogP contribution in [0.15, 0.2) is 0 Å². The fourth-order valence-corrected chi connectivity index (χ4v) is 4.91. The van der Waals surface area contributed by atoms with Gasteiger partial charge in [0, 0.05) is 6.54 Å². The van der Waals surface area contributed by atoms with Gasteiger partial charge < -0.3 is 5.73 Å². The van der Waals surface area contributed by atoms with E-state index in [0.717, 1.165) is 13.0 Å². The van der Waals surface area contributed by atoms with Crippen molar-refractivity contribution in [2.75, 3.05) is 6.54 Å². The lowest BCUT2D eigenvalue weighted by molar-refractivity contribution is 0.239. The zero-order valence-electron chi connectivity index (χ0n) is 24.3. The zero-order chi connectivity index (χ0) is 26.2. The number of rotatable bonds is 31. The molecule has 0 fully saturated rings. The smallest absolute Gasteiger partial charge is 0.327 e. The van der Waals surface area contributed by atoms with E-state index in [-0.39, 0.29) is 0 Å². The Morgan fingerprint density at radius 2 is 0.722 bits per heavy atom. The number of nitrogens with two attached hydrogens (primary N) is 1. The molecule has 0 unspecified atom stereocenters. The van der Waals surface area contributed by atoms with E-state index in [1.165, 1.54) is 167 Å². The summed E-state index contributed by atoms with van der Waals surface area (Å²) in [6.45, 7) is 3.17. The molecule has 216 valence electrons. The van der Waals surface area contributed by atoms with Crippen LogP contribution in [0.1, 0.15) is 180 Å². The summed E-state index contributed by atoms with van der Waals surface area (Å²) in [5.41, 5.74) is 15.3. The topological polar surface area (TPSA) is 91.2 Å². The number of carbonyl (C=O) groups excluding carboxylic acids is 1. The monoisotopic (exact) mass is 512 g/mol. The molecule has 0 bridgehead atoms. The number of hydrogen-bond acceptors (Lipinski definition) is 4. The van der Waals surface area contributed by atoms with Gasteiger partial charge in [-0.1, -0.05) is 174 Å². The minimum atomic E-state index is -0.611. The molecule has 6 heteroatoms. The first-order chi connectivity index (χ1) is 17.8. The third-order valence-electron chi connectivity index (χ3n) is 7.24. The molecule has 6 N–H and O–H groups in total. The third-order valence-corrected chi connectivity index (χ3v) is 7.24. The van der Waals surface area contributed by atoms with E-state index >= 15 is 0 Å². The number of nitrogens with one attached hydrogen (secondary N) is 4. The minimum Gasteiger partial charge on any atom is -0.351 e. The van der Waals surface area contributed by atoms with Gasteiger partial charge in [-0.15, -0.1) is 0 Å². The average Bonchev–Trinajstić information content (AvgIpc) is 2.87. The Morgan fingerprint density at radius 3 is 1.00 bits per heavy atom. The number of hydrogen-bond donors (Lipinski definition) is 5. The predicted octanol–water partition coefficient (Wildman–Crippen LogP) is 8.72. The Bertz CT molecular complexity index is 422. The van der Waals surface area contributed by atoms with Crippen LogP contribution in [-0.2, 0) is 0 Å². The number of urea groups is 1. The second-order valence-corrected chi connectivity index (χ2v) is 10.9. The van der Waals surface area contributed by atoms with E-state index in [9.17, 15) is 4.79 Å². The van der Waals surface area contributed by atoms with Gasteiger partial charge in [0.2, 0.25) is 0 Å². The molecule has 0 heterocycles. The van der Waals surface area contributed by atoms with Crippen LogP contribution in [0, 0.1) is 0 Å². The molecule has 2 amide bonds. The van der Waals surface area contributed by atoms with Gasteiger partial charge in [-0.3, -0.25) is 5.43 Å². The van der Waals surface area contributed by atoms with Crippen molar-refractivity contribution in [2.45, 2.75) is 180 Å². The largest absolute Gasteiger partial charge is 0.351 e. The van der Waals surface area contributed by atoms with E-state index in [2.05, 4.69) is 28.8 Å². The predicted molar refractivity (Wildman–Crippen MR) is 157 cm³/mol. The summed E-state index contributed by atoms with van der Waals surface area (Å²) >= 11 is 0. The lowest BCUT2D eigenvalue weighted by Crippen LogP contribution is -2.54. The van der Waals surface area contributed by atoms with E-state index in [4.69, 9.17) is 5.73 Å². The molecule has 0 aromatic heterocycles. The first-order valence-electron chi connectivity index (χ1n) is 16.1. The number of carbonyl (C=O) groups is 1. The van der Waals surface area contributed by atoms with Crippen LogP contribution in [-0.4, -0.2) is 12.6 Å². The second kappa shape index (κ2) is 32.2. The maximum Gasteiger partial charge on any atom is 0.327 e. The van der Waals surface area contributed by atoms with Gasteiger partial charge in [0.05, 0.1) is 0 Å². The van der Waals surface area contributed by atoms with Crippen LogP contribution in [0.2, 0.25) is 0 Å². The highest BCUT2D eigenvalue weighted by Gasteiger charge is 1.97. The molecule has 0 radical (unpaired) electrons. The highest BCUT2D eigenvalue weighted by atomic mass is 16.2. The first kappa shape index (κ1) is 35.2. The molecule has 0 saturated carbocycles. The van der Waals surface area contributed by atoms with Crippen LogP contribution in [0.3, 0.4) is 0 Å². The quantitative estimate of drug-likeness (QED) is 0.0475. The lowest BCUT2D eigenvalue weighted by Gasteiger charge is -2.08. The minimum absolute atomic E-state index is 0.611. The van der Waals surface area contributed by atoms with Crippen molar-refractivity contribution in [1.29, 1.82) is 0 Å². The SMILES string of the molecule is CCCCCCCCCCCCCCCCCCCCCCCCCCCCCNNNNC(N)=O. The Morgan fingerprint density at radius 1 is 0.444 bits per heavy atom. The maximum absolute atomic E-state index is 10.4. The standard InChI is InChI=1S/C30H65N5O/c1-2-3-4-5-6-7-8-9-10-11-12-13-14-15-16-17-18-19-20-21-22-23-24-25-26-27-28-29-32-34-35-33-30(31)36/h32,34-35H,2-29H2,1H3,(H3,31,33,36). The van der Waals surface area contributed by atoms with Gasteiger partial charge in [0.15, 0.2) is 0 Å². The number of primary amides is 1. The highest BCUT2D eigenvalue weighted by molar-refractivity contribution is 5.70. The Labute approximate surface area is 225 Å². The van der Waals surface area contributed by atoms with Gasteiger partial charge >= 0.3 is 6.03 Å². The van der Waals surface area contributed by atoms with Gasteiger partial charge in [-0.25, -0.2) is 10.2 Å². The average molecular weight is 512 g/mol. The van der Waals surface area contributed by atoms with Crippen LogP contribution in [0.5, 0.6) is 0 Å². The van der Waals surface area contributed by atoms with Crippen LogP contribution in [0.25, 0.3) is 0 Å². The summed E-state index contributed by atoms with van der Waals surface area (Å²) in [5, 5.41) is 0.